The molecule has 3 aromatic rings. The minimum atomic E-state index is -0.516. The van der Waals surface area contributed by atoms with Crippen molar-refractivity contribution in [2.24, 2.45) is 0 Å². The summed E-state index contributed by atoms with van der Waals surface area (Å²) < 4.78 is 20.9. The maximum Gasteiger partial charge on any atom is 0.341 e. The number of carbonyl (C=O) groups is 2. The predicted octanol–water partition coefficient (Wildman–Crippen LogP) is 4.66. The maximum absolute atomic E-state index is 12.8. The van der Waals surface area contributed by atoms with Crippen LogP contribution in [0.2, 0.25) is 0 Å². The molecule has 0 aliphatic heterocycles. The van der Waals surface area contributed by atoms with Crippen LogP contribution in [0.3, 0.4) is 0 Å². The van der Waals surface area contributed by atoms with Gasteiger partial charge >= 0.3 is 5.97 Å². The number of esters is 1. The molecule has 0 radical (unpaired) electrons. The van der Waals surface area contributed by atoms with Crippen molar-refractivity contribution in [2.45, 2.75) is 6.92 Å². The van der Waals surface area contributed by atoms with E-state index in [0.717, 1.165) is 11.1 Å². The van der Waals surface area contributed by atoms with Gasteiger partial charge in [-0.05, 0) is 36.8 Å². The topological polar surface area (TPSA) is 95.1 Å². The lowest BCUT2D eigenvalue weighted by atomic mass is 10.0. The standard InChI is InChI=1S/C24H24N2O6S2/c1-13-6-8-14(9-7-13)16-12-34-22(19(16)23(28)32-5)26-24(33)25-21(27)15-10-17(29-2)20(31-4)18(11-15)30-3/h6-12H,1-5H3,(H2,25,26,27,33). The number of hydrogen-bond donors (Lipinski definition) is 2. The average Bonchev–Trinajstić information content (AvgIpc) is 3.25. The van der Waals surface area contributed by atoms with Crippen LogP contribution in [0.5, 0.6) is 17.2 Å². The Hall–Kier alpha value is -3.63. The Morgan fingerprint density at radius 2 is 1.56 bits per heavy atom. The first-order valence-corrected chi connectivity index (χ1v) is 11.3. The molecule has 34 heavy (non-hydrogen) atoms. The molecule has 0 saturated heterocycles. The van der Waals surface area contributed by atoms with E-state index in [0.29, 0.717) is 33.4 Å². The van der Waals surface area contributed by atoms with Crippen molar-refractivity contribution in [1.29, 1.82) is 0 Å². The van der Waals surface area contributed by atoms with Crippen molar-refractivity contribution in [3.05, 3.63) is 58.5 Å². The summed E-state index contributed by atoms with van der Waals surface area (Å²) in [5.74, 6) is 0.0247. The van der Waals surface area contributed by atoms with Crippen LogP contribution >= 0.6 is 23.6 Å². The third-order valence-electron chi connectivity index (χ3n) is 4.92. The number of benzene rings is 2. The minimum absolute atomic E-state index is 0.0150. The summed E-state index contributed by atoms with van der Waals surface area (Å²) in [5, 5.41) is 7.85. The quantitative estimate of drug-likeness (QED) is 0.357. The molecule has 0 atom stereocenters. The van der Waals surface area contributed by atoms with E-state index in [-0.39, 0.29) is 10.7 Å². The van der Waals surface area contributed by atoms with Gasteiger partial charge in [0.25, 0.3) is 5.91 Å². The summed E-state index contributed by atoms with van der Waals surface area (Å²) in [6, 6.07) is 10.8. The molecule has 2 aromatic carbocycles. The number of amides is 1. The average molecular weight is 501 g/mol. The number of carbonyl (C=O) groups excluding carboxylic acids is 2. The fourth-order valence-electron chi connectivity index (χ4n) is 3.22. The molecule has 0 bridgehead atoms. The second-order valence-electron chi connectivity index (χ2n) is 7.03. The van der Waals surface area contributed by atoms with Crippen molar-refractivity contribution >= 4 is 45.5 Å². The highest BCUT2D eigenvalue weighted by Gasteiger charge is 2.23. The van der Waals surface area contributed by atoms with Crippen molar-refractivity contribution in [3.8, 4) is 28.4 Å². The molecule has 178 valence electrons. The highest BCUT2D eigenvalue weighted by atomic mass is 32.1. The zero-order valence-electron chi connectivity index (χ0n) is 19.3. The van der Waals surface area contributed by atoms with Gasteiger partial charge in [-0.3, -0.25) is 10.1 Å². The molecule has 2 N–H and O–H groups in total. The number of anilines is 1. The van der Waals surface area contributed by atoms with Crippen LogP contribution in [0.25, 0.3) is 11.1 Å². The molecule has 3 rings (SSSR count). The fraction of sp³-hybridized carbons (Fsp3) is 0.208. The summed E-state index contributed by atoms with van der Waals surface area (Å²) in [6.45, 7) is 1.99. The predicted molar refractivity (Wildman–Crippen MR) is 136 cm³/mol. The number of rotatable bonds is 7. The van der Waals surface area contributed by atoms with Gasteiger partial charge in [0.05, 0.1) is 28.4 Å². The molecule has 1 amide bonds. The van der Waals surface area contributed by atoms with E-state index >= 15 is 0 Å². The lowest BCUT2D eigenvalue weighted by Crippen LogP contribution is -2.34. The second-order valence-corrected chi connectivity index (χ2v) is 8.32. The summed E-state index contributed by atoms with van der Waals surface area (Å²) in [7, 11) is 5.71. The lowest BCUT2D eigenvalue weighted by molar-refractivity contribution is 0.0603. The van der Waals surface area contributed by atoms with Gasteiger partial charge in [0.2, 0.25) is 5.75 Å². The highest BCUT2D eigenvalue weighted by molar-refractivity contribution is 7.80. The SMILES string of the molecule is COC(=O)c1c(-c2ccc(C)cc2)csc1NC(=S)NC(=O)c1cc(OC)c(OC)c(OC)c1. The second kappa shape index (κ2) is 11.0. The summed E-state index contributed by atoms with van der Waals surface area (Å²) >= 11 is 6.61. The number of methoxy groups -OCH3 is 4. The van der Waals surface area contributed by atoms with Gasteiger partial charge in [0.1, 0.15) is 10.6 Å². The molecule has 1 heterocycles. The third kappa shape index (κ3) is 5.29. The fourth-order valence-corrected chi connectivity index (χ4v) is 4.44. The number of thiocarbonyl (C=S) groups is 1. The number of hydrogen-bond acceptors (Lipinski definition) is 8. The minimum Gasteiger partial charge on any atom is -0.493 e. The summed E-state index contributed by atoms with van der Waals surface area (Å²) in [6.07, 6.45) is 0. The van der Waals surface area contributed by atoms with Crippen LogP contribution in [-0.4, -0.2) is 45.4 Å². The van der Waals surface area contributed by atoms with Gasteiger partial charge in [-0.2, -0.15) is 0 Å². The normalized spacial score (nSPS) is 10.3. The molecular formula is C24H24N2O6S2. The Balaban J connectivity index is 1.84. The lowest BCUT2D eigenvalue weighted by Gasteiger charge is -2.14. The van der Waals surface area contributed by atoms with E-state index < -0.39 is 11.9 Å². The first kappa shape index (κ1) is 25.0. The zero-order chi connectivity index (χ0) is 24.8. The van der Waals surface area contributed by atoms with E-state index in [1.165, 1.54) is 51.9 Å². The van der Waals surface area contributed by atoms with E-state index in [1.54, 1.807) is 0 Å². The Morgan fingerprint density at radius 1 is 0.941 bits per heavy atom. The molecule has 8 nitrogen and oxygen atoms in total. The maximum atomic E-state index is 12.8. The first-order valence-electron chi connectivity index (χ1n) is 10.0. The van der Waals surface area contributed by atoms with E-state index in [4.69, 9.17) is 31.2 Å². The number of ether oxygens (including phenoxy) is 4. The van der Waals surface area contributed by atoms with Gasteiger partial charge in [-0.1, -0.05) is 29.8 Å². The molecule has 0 spiro atoms. The third-order valence-corrected chi connectivity index (χ3v) is 6.02. The Kier molecular flexibility index (Phi) is 8.08. The number of thiophene rings is 1. The van der Waals surface area contributed by atoms with Crippen LogP contribution in [-0.2, 0) is 4.74 Å². The Labute approximate surface area is 206 Å². The number of nitrogens with one attached hydrogen (secondary N) is 2. The molecule has 0 unspecified atom stereocenters. The van der Waals surface area contributed by atoms with E-state index in [2.05, 4.69) is 10.6 Å². The van der Waals surface area contributed by atoms with Crippen LogP contribution in [0.4, 0.5) is 5.00 Å². The van der Waals surface area contributed by atoms with Crippen LogP contribution in [0.15, 0.2) is 41.8 Å². The summed E-state index contributed by atoms with van der Waals surface area (Å²) in [5.41, 5.74) is 3.26. The largest absolute Gasteiger partial charge is 0.493 e. The zero-order valence-corrected chi connectivity index (χ0v) is 20.9. The smallest absolute Gasteiger partial charge is 0.341 e. The first-order chi connectivity index (χ1) is 16.3. The molecule has 10 heteroatoms. The van der Waals surface area contributed by atoms with Gasteiger partial charge in [0, 0.05) is 16.5 Å². The van der Waals surface area contributed by atoms with E-state index in [9.17, 15) is 9.59 Å². The molecule has 0 aliphatic rings. The monoisotopic (exact) mass is 500 g/mol. The van der Waals surface area contributed by atoms with Crippen LogP contribution < -0.4 is 24.8 Å². The molecule has 0 aliphatic carbocycles. The van der Waals surface area contributed by atoms with Crippen molar-refractivity contribution in [1.82, 2.24) is 5.32 Å². The van der Waals surface area contributed by atoms with Crippen molar-refractivity contribution in [2.75, 3.05) is 33.8 Å². The van der Waals surface area contributed by atoms with Crippen LogP contribution in [0.1, 0.15) is 26.3 Å². The van der Waals surface area contributed by atoms with Gasteiger partial charge in [0.15, 0.2) is 16.6 Å². The van der Waals surface area contributed by atoms with Gasteiger partial charge in [-0.25, -0.2) is 4.79 Å². The van der Waals surface area contributed by atoms with Crippen molar-refractivity contribution < 1.29 is 28.5 Å². The molecule has 1 aromatic heterocycles. The number of aryl methyl sites for hydroxylation is 1. The molecule has 0 saturated carbocycles. The Bertz CT molecular complexity index is 1200. The Morgan fingerprint density at radius 3 is 2.09 bits per heavy atom. The van der Waals surface area contributed by atoms with Crippen molar-refractivity contribution in [3.63, 3.8) is 0 Å². The van der Waals surface area contributed by atoms with Gasteiger partial charge < -0.3 is 24.3 Å². The highest BCUT2D eigenvalue weighted by Crippen LogP contribution is 2.38. The van der Waals surface area contributed by atoms with E-state index in [1.807, 2.05) is 36.6 Å². The molecule has 0 fully saturated rings. The molecular weight excluding hydrogens is 476 g/mol. The van der Waals surface area contributed by atoms with Gasteiger partial charge in [-0.15, -0.1) is 11.3 Å². The van der Waals surface area contributed by atoms with Crippen LogP contribution in [0, 0.1) is 6.92 Å². The summed E-state index contributed by atoms with van der Waals surface area (Å²) in [4.78, 5) is 25.4.